The molecule has 0 aliphatic carbocycles. The number of amides is 1. The third-order valence-electron chi connectivity index (χ3n) is 7.68. The average molecular weight is 577 g/mol. The van der Waals surface area contributed by atoms with Gasteiger partial charge in [-0.15, -0.1) is 0 Å². The van der Waals surface area contributed by atoms with Crippen molar-refractivity contribution in [1.29, 1.82) is 0 Å². The minimum atomic E-state index is -0.343. The van der Waals surface area contributed by atoms with Crippen LogP contribution >= 0.6 is 0 Å². The first-order valence-electron chi connectivity index (χ1n) is 14.5. The molecular weight excluding hydrogens is 540 g/mol. The van der Waals surface area contributed by atoms with Crippen LogP contribution in [0.2, 0.25) is 0 Å². The lowest BCUT2D eigenvalue weighted by Gasteiger charge is -2.25. The first kappa shape index (κ1) is 28.2. The Balaban J connectivity index is 1.05. The predicted octanol–water partition coefficient (Wildman–Crippen LogP) is 3.60. The summed E-state index contributed by atoms with van der Waals surface area (Å²) in [7, 11) is 4.12. The normalized spacial score (nSPS) is 17.4. The third kappa shape index (κ3) is 6.76. The molecule has 3 N–H and O–H groups in total. The van der Waals surface area contributed by atoms with Crippen molar-refractivity contribution in [3.8, 4) is 0 Å². The number of carbonyl (C=O) groups excluding carboxylic acids is 1. The van der Waals surface area contributed by atoms with Crippen molar-refractivity contribution in [3.63, 3.8) is 0 Å². The highest BCUT2D eigenvalue weighted by molar-refractivity contribution is 5.94. The Morgan fingerprint density at radius 2 is 1.93 bits per heavy atom. The van der Waals surface area contributed by atoms with E-state index in [1.54, 1.807) is 30.7 Å². The molecule has 43 heavy (non-hydrogen) atoms. The summed E-state index contributed by atoms with van der Waals surface area (Å²) in [6.45, 7) is 2.74. The lowest BCUT2D eigenvalue weighted by atomic mass is 10.1. The molecule has 1 amide bonds. The Bertz CT molecular complexity index is 1670. The summed E-state index contributed by atoms with van der Waals surface area (Å²) in [5.41, 5.74) is 6.10. The topological polar surface area (TPSA) is 107 Å². The molecule has 2 unspecified atom stereocenters. The molecule has 10 heteroatoms. The van der Waals surface area contributed by atoms with Crippen LogP contribution < -0.4 is 26.4 Å². The number of nitrogens with zero attached hydrogens (tertiary/aromatic N) is 5. The first-order valence-corrected chi connectivity index (χ1v) is 14.5. The van der Waals surface area contributed by atoms with Gasteiger partial charge < -0.3 is 30.3 Å². The Morgan fingerprint density at radius 3 is 2.72 bits per heavy atom. The molecule has 4 heterocycles. The summed E-state index contributed by atoms with van der Waals surface area (Å²) < 4.78 is 1.54. The smallest absolute Gasteiger partial charge is 0.263 e. The summed E-state index contributed by atoms with van der Waals surface area (Å²) in [6.07, 6.45) is 7.55. The van der Waals surface area contributed by atoms with Crippen molar-refractivity contribution < 1.29 is 4.79 Å². The molecule has 0 radical (unpaired) electrons. The lowest BCUT2D eigenvalue weighted by molar-refractivity contribution is 0.0938. The number of anilines is 3. The van der Waals surface area contributed by atoms with E-state index in [9.17, 15) is 9.59 Å². The number of aromatic nitrogens is 2. The van der Waals surface area contributed by atoms with Crippen LogP contribution in [0.4, 0.5) is 17.1 Å². The molecule has 10 nitrogen and oxygen atoms in total. The van der Waals surface area contributed by atoms with Gasteiger partial charge in [-0.05, 0) is 80.2 Å². The zero-order valence-electron chi connectivity index (χ0n) is 24.4. The third-order valence-corrected chi connectivity index (χ3v) is 7.68. The molecule has 2 aromatic heterocycles. The van der Waals surface area contributed by atoms with Crippen molar-refractivity contribution in [2.24, 2.45) is 4.99 Å². The molecule has 1 fully saturated rings. The maximum atomic E-state index is 13.1. The highest BCUT2D eigenvalue weighted by Gasteiger charge is 2.26. The van der Waals surface area contributed by atoms with Crippen LogP contribution in [-0.2, 0) is 13.1 Å². The molecule has 1 saturated heterocycles. The molecule has 2 atom stereocenters. The zero-order valence-corrected chi connectivity index (χ0v) is 24.4. The number of benzene rings is 2. The standard InChI is InChI=1S/C33H36N8O2/c1-39(2)20-23-7-9-26(10-8-23)37-33-35-19-25-17-28(11-12-30(25)38-33)40-16-13-27(22-40)36-31(42)29-6-4-15-41(32(29)43)21-24-5-3-14-34-18-24/h3-12,14-15,17-19,27,33,37-38H,13,16,20-22H2,1-2H3,(H,36,42). The van der Waals surface area contributed by atoms with Gasteiger partial charge in [0, 0.05) is 73.1 Å². The quantitative estimate of drug-likeness (QED) is 0.280. The molecule has 0 bridgehead atoms. The molecule has 220 valence electrons. The molecule has 2 aliphatic rings. The van der Waals surface area contributed by atoms with Gasteiger partial charge in [0.1, 0.15) is 5.56 Å². The lowest BCUT2D eigenvalue weighted by Crippen LogP contribution is -2.40. The van der Waals surface area contributed by atoms with Gasteiger partial charge in [-0.1, -0.05) is 18.2 Å². The van der Waals surface area contributed by atoms with Gasteiger partial charge in [-0.2, -0.15) is 0 Å². The summed E-state index contributed by atoms with van der Waals surface area (Å²) >= 11 is 0. The van der Waals surface area contributed by atoms with Crippen LogP contribution in [-0.4, -0.2) is 66.1 Å². The molecule has 2 aliphatic heterocycles. The van der Waals surface area contributed by atoms with Crippen LogP contribution in [0.25, 0.3) is 0 Å². The molecule has 0 spiro atoms. The largest absolute Gasteiger partial charge is 0.369 e. The monoisotopic (exact) mass is 576 g/mol. The molecule has 6 rings (SSSR count). The Kier molecular flexibility index (Phi) is 8.19. The van der Waals surface area contributed by atoms with Crippen LogP contribution in [0.1, 0.15) is 33.5 Å². The minimum Gasteiger partial charge on any atom is -0.369 e. The molecule has 2 aromatic carbocycles. The van der Waals surface area contributed by atoms with E-state index in [0.717, 1.165) is 47.7 Å². The van der Waals surface area contributed by atoms with Crippen LogP contribution in [0.15, 0.2) is 95.1 Å². The Labute approximate surface area is 251 Å². The van der Waals surface area contributed by atoms with E-state index >= 15 is 0 Å². The van der Waals surface area contributed by atoms with E-state index in [1.165, 1.54) is 10.1 Å². The van der Waals surface area contributed by atoms with Crippen LogP contribution in [0.3, 0.4) is 0 Å². The zero-order chi connectivity index (χ0) is 29.8. The van der Waals surface area contributed by atoms with Crippen molar-refractivity contribution >= 4 is 29.2 Å². The number of hydrogen-bond donors (Lipinski definition) is 3. The van der Waals surface area contributed by atoms with Crippen LogP contribution in [0.5, 0.6) is 0 Å². The maximum Gasteiger partial charge on any atom is 0.263 e. The molecule has 0 saturated carbocycles. The van der Waals surface area contributed by atoms with E-state index in [2.05, 4.69) is 92.3 Å². The van der Waals surface area contributed by atoms with Gasteiger partial charge in [-0.25, -0.2) is 4.99 Å². The fourth-order valence-corrected chi connectivity index (χ4v) is 5.53. The van der Waals surface area contributed by atoms with E-state index in [1.807, 2.05) is 18.3 Å². The highest BCUT2D eigenvalue weighted by atomic mass is 16.2. The van der Waals surface area contributed by atoms with Gasteiger partial charge in [0.15, 0.2) is 6.29 Å². The Hall–Kier alpha value is -4.96. The number of aliphatic imine (C=N–C) groups is 1. The minimum absolute atomic E-state index is 0.0561. The average Bonchev–Trinajstić information content (AvgIpc) is 3.47. The van der Waals surface area contributed by atoms with Gasteiger partial charge >= 0.3 is 0 Å². The number of nitrogens with one attached hydrogen (secondary N) is 3. The van der Waals surface area contributed by atoms with E-state index in [-0.39, 0.29) is 29.4 Å². The number of fused-ring (bicyclic) bond motifs is 1. The fourth-order valence-electron chi connectivity index (χ4n) is 5.53. The summed E-state index contributed by atoms with van der Waals surface area (Å²) in [6, 6.07) is 21.7. The van der Waals surface area contributed by atoms with Crippen molar-refractivity contribution in [2.45, 2.75) is 31.8 Å². The highest BCUT2D eigenvalue weighted by Crippen LogP contribution is 2.28. The molecule has 4 aromatic rings. The second-order valence-electron chi connectivity index (χ2n) is 11.3. The SMILES string of the molecule is CN(C)Cc1ccc(NC2N=Cc3cc(N4CCC(NC(=O)c5cccn(Cc6cccnc6)c5=O)C4)ccc3N2)cc1. The number of pyridine rings is 2. The first-order chi connectivity index (χ1) is 20.9. The van der Waals surface area contributed by atoms with Crippen LogP contribution in [0, 0.1) is 0 Å². The van der Waals surface area contributed by atoms with Crippen molar-refractivity contribution in [2.75, 3.05) is 42.7 Å². The second-order valence-corrected chi connectivity index (χ2v) is 11.3. The van der Waals surface area contributed by atoms with E-state index < -0.39 is 0 Å². The van der Waals surface area contributed by atoms with Crippen molar-refractivity contribution in [1.82, 2.24) is 19.8 Å². The van der Waals surface area contributed by atoms with Gasteiger partial charge in [0.05, 0.1) is 6.54 Å². The van der Waals surface area contributed by atoms with E-state index in [4.69, 9.17) is 0 Å². The summed E-state index contributed by atoms with van der Waals surface area (Å²) in [4.78, 5) is 39.3. The number of hydrogen-bond acceptors (Lipinski definition) is 8. The molecular formula is C33H36N8O2. The fraction of sp³-hybridized carbons (Fsp3) is 0.273. The number of carbonyl (C=O) groups is 1. The van der Waals surface area contributed by atoms with Gasteiger partial charge in [0.25, 0.3) is 11.5 Å². The predicted molar refractivity (Wildman–Crippen MR) is 171 cm³/mol. The maximum absolute atomic E-state index is 13.1. The van der Waals surface area contributed by atoms with Gasteiger partial charge in [-0.3, -0.25) is 14.6 Å². The summed E-state index contributed by atoms with van der Waals surface area (Å²) in [5.74, 6) is -0.343. The summed E-state index contributed by atoms with van der Waals surface area (Å²) in [5, 5.41) is 9.96. The van der Waals surface area contributed by atoms with Crippen molar-refractivity contribution in [3.05, 3.63) is 118 Å². The van der Waals surface area contributed by atoms with Gasteiger partial charge in [0.2, 0.25) is 0 Å². The van der Waals surface area contributed by atoms with E-state index in [0.29, 0.717) is 13.1 Å². The number of rotatable bonds is 9. The second kappa shape index (κ2) is 12.5. The Morgan fingerprint density at radius 1 is 1.07 bits per heavy atom.